The highest BCUT2D eigenvalue weighted by molar-refractivity contribution is 6.19. The third kappa shape index (κ3) is 5.30. The Bertz CT molecular complexity index is 1010. The van der Waals surface area contributed by atoms with E-state index in [2.05, 4.69) is 12.1 Å². The van der Waals surface area contributed by atoms with Crippen molar-refractivity contribution in [2.75, 3.05) is 18.0 Å². The first-order valence-corrected chi connectivity index (χ1v) is 11.4. The Kier molecular flexibility index (Phi) is 6.87. The van der Waals surface area contributed by atoms with E-state index in [1.807, 2.05) is 18.2 Å². The molecule has 0 aliphatic carbocycles. The Balaban J connectivity index is 1.27. The fourth-order valence-corrected chi connectivity index (χ4v) is 4.45. The topological polar surface area (TPSA) is 84.0 Å². The van der Waals surface area contributed by atoms with Crippen molar-refractivity contribution >= 4 is 29.4 Å². The van der Waals surface area contributed by atoms with Crippen molar-refractivity contribution < 1.29 is 23.9 Å². The van der Waals surface area contributed by atoms with Crippen molar-refractivity contribution in [3.63, 3.8) is 0 Å². The Labute approximate surface area is 193 Å². The summed E-state index contributed by atoms with van der Waals surface area (Å²) in [4.78, 5) is 51.9. The van der Waals surface area contributed by atoms with Gasteiger partial charge < -0.3 is 9.64 Å². The number of ether oxygens (including phenoxy) is 1. The van der Waals surface area contributed by atoms with Gasteiger partial charge in [-0.15, -0.1) is 0 Å². The molecule has 2 fully saturated rings. The van der Waals surface area contributed by atoms with Crippen LogP contribution in [0.25, 0.3) is 0 Å². The summed E-state index contributed by atoms with van der Waals surface area (Å²) < 4.78 is 5.40. The molecule has 2 aliphatic heterocycles. The molecule has 2 heterocycles. The summed E-state index contributed by atoms with van der Waals surface area (Å²) >= 11 is 0. The normalized spacial score (nSPS) is 17.8. The van der Waals surface area contributed by atoms with Crippen LogP contribution in [-0.2, 0) is 25.5 Å². The summed E-state index contributed by atoms with van der Waals surface area (Å²) in [6.07, 6.45) is 2.38. The van der Waals surface area contributed by atoms with Gasteiger partial charge in [0.25, 0.3) is 5.91 Å². The highest BCUT2D eigenvalue weighted by atomic mass is 16.5. The highest BCUT2D eigenvalue weighted by Gasteiger charge is 2.31. The minimum atomic E-state index is -0.885. The van der Waals surface area contributed by atoms with Crippen LogP contribution < -0.4 is 4.90 Å². The Morgan fingerprint density at radius 2 is 1.55 bits per heavy atom. The van der Waals surface area contributed by atoms with Gasteiger partial charge in [-0.2, -0.15) is 0 Å². The summed E-state index contributed by atoms with van der Waals surface area (Å²) in [6, 6.07) is 16.5. The lowest BCUT2D eigenvalue weighted by Crippen LogP contribution is -2.44. The summed E-state index contributed by atoms with van der Waals surface area (Å²) in [6.45, 7) is 2.90. The molecule has 4 rings (SSSR count). The van der Waals surface area contributed by atoms with E-state index in [0.717, 1.165) is 24.2 Å². The minimum absolute atomic E-state index is 0.189. The van der Waals surface area contributed by atoms with Crippen LogP contribution in [0.4, 0.5) is 5.69 Å². The number of likely N-dealkylation sites (tertiary alicyclic amines) is 1. The molecule has 2 aromatic carbocycles. The SMILES string of the molecule is CC(OC(=O)c1ccc(N2C(=O)CCC2=O)cc1)C(=O)N1CCC(Cc2ccccc2)CC1. The van der Waals surface area contributed by atoms with Crippen LogP contribution in [-0.4, -0.2) is 47.8 Å². The number of piperidine rings is 1. The molecule has 2 aromatic rings. The molecule has 0 saturated carbocycles. The van der Waals surface area contributed by atoms with E-state index in [0.29, 0.717) is 24.7 Å². The van der Waals surface area contributed by atoms with Crippen LogP contribution in [0.15, 0.2) is 54.6 Å². The number of hydrogen-bond donors (Lipinski definition) is 0. The van der Waals surface area contributed by atoms with Crippen molar-refractivity contribution in [2.24, 2.45) is 5.92 Å². The van der Waals surface area contributed by atoms with Crippen molar-refractivity contribution in [2.45, 2.75) is 45.1 Å². The number of carbonyl (C=O) groups excluding carboxylic acids is 4. The summed E-state index contributed by atoms with van der Waals surface area (Å²) in [5, 5.41) is 0. The molecule has 0 radical (unpaired) electrons. The zero-order valence-electron chi connectivity index (χ0n) is 18.7. The van der Waals surface area contributed by atoms with E-state index in [9.17, 15) is 19.2 Å². The van der Waals surface area contributed by atoms with E-state index in [1.54, 1.807) is 24.0 Å². The van der Waals surface area contributed by atoms with Crippen LogP contribution in [0.1, 0.15) is 48.5 Å². The number of carbonyl (C=O) groups is 4. The van der Waals surface area contributed by atoms with Crippen LogP contribution in [0, 0.1) is 5.92 Å². The van der Waals surface area contributed by atoms with Gasteiger partial charge in [-0.3, -0.25) is 19.3 Å². The monoisotopic (exact) mass is 448 g/mol. The molecule has 1 unspecified atom stereocenters. The minimum Gasteiger partial charge on any atom is -0.449 e. The maximum Gasteiger partial charge on any atom is 0.338 e. The van der Waals surface area contributed by atoms with Crippen molar-refractivity contribution in [3.8, 4) is 0 Å². The molecule has 7 nitrogen and oxygen atoms in total. The summed E-state index contributed by atoms with van der Waals surface area (Å²) in [7, 11) is 0. The predicted molar refractivity (Wildman–Crippen MR) is 122 cm³/mol. The molecule has 0 bridgehead atoms. The van der Waals surface area contributed by atoms with Gasteiger partial charge in [0.05, 0.1) is 11.3 Å². The zero-order valence-corrected chi connectivity index (χ0v) is 18.7. The number of esters is 1. The molecule has 3 amide bonds. The maximum absolute atomic E-state index is 12.8. The number of hydrogen-bond acceptors (Lipinski definition) is 5. The molecular weight excluding hydrogens is 420 g/mol. The van der Waals surface area contributed by atoms with Gasteiger partial charge in [-0.25, -0.2) is 4.79 Å². The number of nitrogens with zero attached hydrogens (tertiary/aromatic N) is 2. The van der Waals surface area contributed by atoms with Crippen molar-refractivity contribution in [1.29, 1.82) is 0 Å². The number of rotatable bonds is 6. The van der Waals surface area contributed by atoms with E-state index in [4.69, 9.17) is 4.74 Å². The van der Waals surface area contributed by atoms with E-state index in [-0.39, 0.29) is 36.1 Å². The molecule has 7 heteroatoms. The number of imide groups is 1. The second kappa shape index (κ2) is 9.98. The fourth-order valence-electron chi connectivity index (χ4n) is 4.45. The smallest absolute Gasteiger partial charge is 0.338 e. The summed E-state index contributed by atoms with van der Waals surface area (Å²) in [5.74, 6) is -0.752. The van der Waals surface area contributed by atoms with Crippen LogP contribution >= 0.6 is 0 Å². The third-order valence-corrected chi connectivity index (χ3v) is 6.34. The fraction of sp³-hybridized carbons (Fsp3) is 0.385. The number of anilines is 1. The molecule has 172 valence electrons. The second-order valence-corrected chi connectivity index (χ2v) is 8.68. The lowest BCUT2D eigenvalue weighted by molar-refractivity contribution is -0.141. The Morgan fingerprint density at radius 1 is 0.939 bits per heavy atom. The van der Waals surface area contributed by atoms with Gasteiger partial charge in [0, 0.05) is 25.9 Å². The lowest BCUT2D eigenvalue weighted by atomic mass is 9.90. The lowest BCUT2D eigenvalue weighted by Gasteiger charge is -2.33. The largest absolute Gasteiger partial charge is 0.449 e. The number of benzene rings is 2. The van der Waals surface area contributed by atoms with E-state index < -0.39 is 12.1 Å². The third-order valence-electron chi connectivity index (χ3n) is 6.34. The summed E-state index contributed by atoms with van der Waals surface area (Å²) in [5.41, 5.74) is 2.01. The average molecular weight is 449 g/mol. The molecule has 2 aliphatic rings. The first kappa shape index (κ1) is 22.7. The molecular formula is C26H28N2O5. The Hall–Kier alpha value is -3.48. The quantitative estimate of drug-likeness (QED) is 0.500. The highest BCUT2D eigenvalue weighted by Crippen LogP contribution is 2.24. The molecule has 33 heavy (non-hydrogen) atoms. The van der Waals surface area contributed by atoms with Crippen LogP contribution in [0.3, 0.4) is 0 Å². The van der Waals surface area contributed by atoms with Crippen molar-refractivity contribution in [1.82, 2.24) is 4.90 Å². The van der Waals surface area contributed by atoms with Crippen LogP contribution in [0.5, 0.6) is 0 Å². The maximum atomic E-state index is 12.8. The predicted octanol–water partition coefficient (Wildman–Crippen LogP) is 3.37. The standard InChI is InChI=1S/C26H28N2O5/c1-18(25(31)27-15-13-20(14-16-27)17-19-5-3-2-4-6-19)33-26(32)21-7-9-22(10-8-21)28-23(29)11-12-24(28)30/h2-10,18,20H,11-17H2,1H3. The van der Waals surface area contributed by atoms with Gasteiger partial charge in [-0.05, 0) is 61.9 Å². The van der Waals surface area contributed by atoms with Crippen LogP contribution in [0.2, 0.25) is 0 Å². The van der Waals surface area contributed by atoms with Crippen molar-refractivity contribution in [3.05, 3.63) is 65.7 Å². The number of amides is 3. The van der Waals surface area contributed by atoms with E-state index >= 15 is 0 Å². The van der Waals surface area contributed by atoms with Gasteiger partial charge in [0.1, 0.15) is 0 Å². The molecule has 1 atom stereocenters. The second-order valence-electron chi connectivity index (χ2n) is 8.68. The van der Waals surface area contributed by atoms with Gasteiger partial charge in [-0.1, -0.05) is 30.3 Å². The average Bonchev–Trinajstić information content (AvgIpc) is 3.17. The molecule has 0 aromatic heterocycles. The first-order chi connectivity index (χ1) is 15.9. The first-order valence-electron chi connectivity index (χ1n) is 11.4. The van der Waals surface area contributed by atoms with Gasteiger partial charge in [0.15, 0.2) is 6.10 Å². The van der Waals surface area contributed by atoms with E-state index in [1.165, 1.54) is 17.7 Å². The molecule has 2 saturated heterocycles. The Morgan fingerprint density at radius 3 is 2.15 bits per heavy atom. The van der Waals surface area contributed by atoms with Gasteiger partial charge in [0.2, 0.25) is 11.8 Å². The van der Waals surface area contributed by atoms with Gasteiger partial charge >= 0.3 is 5.97 Å². The molecule has 0 N–H and O–H groups in total. The molecule has 0 spiro atoms. The zero-order chi connectivity index (χ0) is 23.4.